The molecule has 1 heterocycles. The quantitative estimate of drug-likeness (QED) is 0.835. The van der Waals surface area contributed by atoms with Gasteiger partial charge in [-0.2, -0.15) is 0 Å². The maximum atomic E-state index is 12.3. The second-order valence-corrected chi connectivity index (χ2v) is 7.46. The lowest BCUT2D eigenvalue weighted by Crippen LogP contribution is -2.55. The summed E-state index contributed by atoms with van der Waals surface area (Å²) in [6.07, 6.45) is -0.767. The molecular formula is C19H26N2O6. The number of aliphatic carboxylic acids is 1. The number of amides is 2. The molecule has 0 spiro atoms. The number of carbonyl (C=O) groups is 3. The van der Waals surface area contributed by atoms with Gasteiger partial charge in [0.15, 0.2) is 0 Å². The number of benzene rings is 1. The molecule has 2 atom stereocenters. The van der Waals surface area contributed by atoms with E-state index in [1.54, 1.807) is 20.8 Å². The van der Waals surface area contributed by atoms with Crippen LogP contribution in [-0.2, 0) is 20.9 Å². The first-order valence-corrected chi connectivity index (χ1v) is 8.85. The van der Waals surface area contributed by atoms with Crippen LogP contribution in [0.15, 0.2) is 30.3 Å². The number of likely N-dealkylation sites (tertiary alicyclic amines) is 1. The number of nitrogens with zero attached hydrogens (tertiary/aromatic N) is 1. The highest BCUT2D eigenvalue weighted by atomic mass is 16.6. The third kappa shape index (κ3) is 6.47. The zero-order valence-electron chi connectivity index (χ0n) is 15.8. The molecule has 0 radical (unpaired) electrons. The largest absolute Gasteiger partial charge is 0.480 e. The minimum absolute atomic E-state index is 0.0715. The van der Waals surface area contributed by atoms with Gasteiger partial charge < -0.3 is 19.9 Å². The average Bonchev–Trinajstić information content (AvgIpc) is 2.58. The number of nitrogens with one attached hydrogen (secondary N) is 1. The Morgan fingerprint density at radius 2 is 1.89 bits per heavy atom. The third-order valence-electron chi connectivity index (χ3n) is 4.05. The summed E-state index contributed by atoms with van der Waals surface area (Å²) in [5.74, 6) is -1.14. The second-order valence-electron chi connectivity index (χ2n) is 7.46. The molecule has 27 heavy (non-hydrogen) atoms. The number of piperidine rings is 1. The molecule has 2 amide bonds. The Morgan fingerprint density at radius 3 is 2.48 bits per heavy atom. The molecule has 8 heteroatoms. The van der Waals surface area contributed by atoms with E-state index < -0.39 is 29.8 Å². The Kier molecular flexibility index (Phi) is 6.65. The lowest BCUT2D eigenvalue weighted by molar-refractivity contribution is -0.144. The van der Waals surface area contributed by atoms with Crippen LogP contribution < -0.4 is 5.32 Å². The fraction of sp³-hybridized carbons (Fsp3) is 0.526. The lowest BCUT2D eigenvalue weighted by Gasteiger charge is -2.36. The van der Waals surface area contributed by atoms with Crippen molar-refractivity contribution < 1.29 is 29.0 Å². The van der Waals surface area contributed by atoms with E-state index in [0.717, 1.165) is 5.56 Å². The van der Waals surface area contributed by atoms with E-state index in [1.165, 1.54) is 4.90 Å². The summed E-state index contributed by atoms with van der Waals surface area (Å²) in [5, 5.41) is 12.2. The first kappa shape index (κ1) is 20.5. The van der Waals surface area contributed by atoms with Crippen LogP contribution in [0.4, 0.5) is 9.59 Å². The minimum atomic E-state index is -1.14. The first-order valence-electron chi connectivity index (χ1n) is 8.85. The summed E-state index contributed by atoms with van der Waals surface area (Å²) in [4.78, 5) is 37.0. The van der Waals surface area contributed by atoms with Crippen LogP contribution in [0.1, 0.15) is 39.2 Å². The van der Waals surface area contributed by atoms with Crippen LogP contribution in [-0.4, -0.2) is 52.4 Å². The lowest BCUT2D eigenvalue weighted by atomic mass is 9.97. The van der Waals surface area contributed by atoms with Gasteiger partial charge in [0, 0.05) is 12.6 Å². The van der Waals surface area contributed by atoms with Crippen molar-refractivity contribution in [2.24, 2.45) is 0 Å². The van der Waals surface area contributed by atoms with Crippen LogP contribution in [0.3, 0.4) is 0 Å². The van der Waals surface area contributed by atoms with E-state index in [0.29, 0.717) is 6.42 Å². The van der Waals surface area contributed by atoms with Gasteiger partial charge in [0.2, 0.25) is 0 Å². The number of alkyl carbamates (subject to hydrolysis) is 1. The normalized spacial score (nSPS) is 19.9. The molecule has 1 aromatic rings. The SMILES string of the molecule is CC(C)(C)OC(=O)N[C@H]1CCN(C(=O)OCc2ccccc2)[C@H](C(=O)O)C1. The van der Waals surface area contributed by atoms with Gasteiger partial charge in [-0.1, -0.05) is 30.3 Å². The van der Waals surface area contributed by atoms with Gasteiger partial charge in [0.05, 0.1) is 0 Å². The summed E-state index contributed by atoms with van der Waals surface area (Å²) in [6, 6.07) is 7.70. The average molecular weight is 378 g/mol. The van der Waals surface area contributed by atoms with Crippen molar-refractivity contribution in [3.05, 3.63) is 35.9 Å². The number of carboxylic acids is 1. The van der Waals surface area contributed by atoms with Crippen LogP contribution in [0.5, 0.6) is 0 Å². The molecule has 2 rings (SSSR count). The van der Waals surface area contributed by atoms with Crippen molar-refractivity contribution in [1.29, 1.82) is 0 Å². The van der Waals surface area contributed by atoms with Gasteiger partial charge in [0.1, 0.15) is 18.2 Å². The number of carboxylic acid groups (broad SMARTS) is 1. The first-order chi connectivity index (χ1) is 12.7. The summed E-state index contributed by atoms with van der Waals surface area (Å²) in [6.45, 7) is 5.49. The molecule has 0 aliphatic carbocycles. The Hall–Kier alpha value is -2.77. The summed E-state index contributed by atoms with van der Waals surface area (Å²) < 4.78 is 10.4. The van der Waals surface area contributed by atoms with Crippen molar-refractivity contribution in [1.82, 2.24) is 10.2 Å². The molecule has 0 saturated carbocycles. The number of rotatable bonds is 4. The predicted octanol–water partition coefficient (Wildman–Crippen LogP) is 2.77. The number of hydrogen-bond donors (Lipinski definition) is 2. The van der Waals surface area contributed by atoms with Gasteiger partial charge in [-0.05, 0) is 39.2 Å². The molecular weight excluding hydrogens is 352 g/mol. The van der Waals surface area contributed by atoms with Gasteiger partial charge >= 0.3 is 18.2 Å². The van der Waals surface area contributed by atoms with E-state index in [2.05, 4.69) is 5.32 Å². The molecule has 2 N–H and O–H groups in total. The smallest absolute Gasteiger partial charge is 0.410 e. The molecule has 1 fully saturated rings. The van der Waals surface area contributed by atoms with Gasteiger partial charge in [-0.3, -0.25) is 4.90 Å². The Bertz CT molecular complexity index is 671. The van der Waals surface area contributed by atoms with Crippen LogP contribution in [0, 0.1) is 0 Å². The van der Waals surface area contributed by atoms with Crippen molar-refractivity contribution in [2.75, 3.05) is 6.54 Å². The van der Waals surface area contributed by atoms with E-state index >= 15 is 0 Å². The van der Waals surface area contributed by atoms with Gasteiger partial charge in [-0.15, -0.1) is 0 Å². The number of hydrogen-bond acceptors (Lipinski definition) is 5. The highest BCUT2D eigenvalue weighted by molar-refractivity contribution is 5.80. The third-order valence-corrected chi connectivity index (χ3v) is 4.05. The van der Waals surface area contributed by atoms with Gasteiger partial charge in [0.25, 0.3) is 0 Å². The Labute approximate surface area is 158 Å². The molecule has 0 bridgehead atoms. The molecule has 1 aliphatic rings. The summed E-state index contributed by atoms with van der Waals surface area (Å²) in [5.41, 5.74) is 0.178. The summed E-state index contributed by atoms with van der Waals surface area (Å²) >= 11 is 0. The minimum Gasteiger partial charge on any atom is -0.480 e. The fourth-order valence-corrected chi connectivity index (χ4v) is 2.83. The van der Waals surface area contributed by atoms with Crippen molar-refractivity contribution in [2.45, 2.75) is 57.9 Å². The van der Waals surface area contributed by atoms with Crippen LogP contribution in [0.25, 0.3) is 0 Å². The Balaban J connectivity index is 1.92. The second kappa shape index (κ2) is 8.75. The van der Waals surface area contributed by atoms with Crippen molar-refractivity contribution >= 4 is 18.2 Å². The van der Waals surface area contributed by atoms with Gasteiger partial charge in [-0.25, -0.2) is 14.4 Å². The maximum absolute atomic E-state index is 12.3. The van der Waals surface area contributed by atoms with E-state index in [9.17, 15) is 19.5 Å². The molecule has 148 valence electrons. The zero-order valence-corrected chi connectivity index (χ0v) is 15.8. The predicted molar refractivity (Wildman–Crippen MR) is 97.1 cm³/mol. The van der Waals surface area contributed by atoms with Crippen molar-refractivity contribution in [3.63, 3.8) is 0 Å². The van der Waals surface area contributed by atoms with E-state index in [1.807, 2.05) is 30.3 Å². The topological polar surface area (TPSA) is 105 Å². The molecule has 0 unspecified atom stereocenters. The molecule has 1 aliphatic heterocycles. The number of carbonyl (C=O) groups excluding carboxylic acids is 2. The summed E-state index contributed by atoms with van der Waals surface area (Å²) in [7, 11) is 0. The molecule has 1 aromatic carbocycles. The molecule has 1 saturated heterocycles. The number of ether oxygens (including phenoxy) is 2. The molecule has 0 aromatic heterocycles. The van der Waals surface area contributed by atoms with Crippen LogP contribution >= 0.6 is 0 Å². The maximum Gasteiger partial charge on any atom is 0.410 e. The van der Waals surface area contributed by atoms with E-state index in [4.69, 9.17) is 9.47 Å². The highest BCUT2D eigenvalue weighted by Crippen LogP contribution is 2.20. The van der Waals surface area contributed by atoms with Crippen LogP contribution in [0.2, 0.25) is 0 Å². The van der Waals surface area contributed by atoms with E-state index in [-0.39, 0.29) is 25.6 Å². The highest BCUT2D eigenvalue weighted by Gasteiger charge is 2.38. The monoisotopic (exact) mass is 378 g/mol. The van der Waals surface area contributed by atoms with Crippen molar-refractivity contribution in [3.8, 4) is 0 Å². The fourth-order valence-electron chi connectivity index (χ4n) is 2.83. The Morgan fingerprint density at radius 1 is 1.22 bits per heavy atom. The molecule has 8 nitrogen and oxygen atoms in total. The standard InChI is InChI=1S/C19H26N2O6/c1-19(2,3)27-17(24)20-14-9-10-21(15(11-14)16(22)23)18(25)26-12-13-7-5-4-6-8-13/h4-8,14-15H,9-12H2,1-3H3,(H,20,24)(H,22,23)/t14-,15-/m0/s1. The zero-order chi connectivity index (χ0) is 20.0.